The summed E-state index contributed by atoms with van der Waals surface area (Å²) >= 11 is 0. The van der Waals surface area contributed by atoms with E-state index in [4.69, 9.17) is 4.74 Å². The van der Waals surface area contributed by atoms with Crippen molar-refractivity contribution in [3.05, 3.63) is 29.6 Å². The van der Waals surface area contributed by atoms with Gasteiger partial charge >= 0.3 is 0 Å². The van der Waals surface area contributed by atoms with Gasteiger partial charge in [0.15, 0.2) is 11.6 Å². The second-order valence-corrected chi connectivity index (χ2v) is 5.91. The monoisotopic (exact) mass is 308 g/mol. The molecule has 1 saturated heterocycles. The Bertz CT molecular complexity index is 507. The largest absolute Gasteiger partial charge is 0.494 e. The molecule has 1 unspecified atom stereocenters. The zero-order valence-electron chi connectivity index (χ0n) is 13.4. The van der Waals surface area contributed by atoms with E-state index in [2.05, 4.69) is 10.2 Å². The van der Waals surface area contributed by atoms with E-state index in [0.717, 1.165) is 50.9 Å². The van der Waals surface area contributed by atoms with Crippen LogP contribution < -0.4 is 10.1 Å². The number of hydrogen-bond donors (Lipinski definition) is 1. The SMILES string of the molecule is COc1ccc(CCCN2CCCC(NC(C)=O)C2)cc1F. The van der Waals surface area contributed by atoms with E-state index in [0.29, 0.717) is 0 Å². The molecule has 1 N–H and O–H groups in total. The van der Waals surface area contributed by atoms with Crippen LogP contribution in [0.5, 0.6) is 5.75 Å². The number of carbonyl (C=O) groups excluding carboxylic acids is 1. The van der Waals surface area contributed by atoms with Gasteiger partial charge in [-0.25, -0.2) is 4.39 Å². The minimum atomic E-state index is -0.302. The van der Waals surface area contributed by atoms with Crippen molar-refractivity contribution in [1.82, 2.24) is 10.2 Å². The molecule has 1 fully saturated rings. The quantitative estimate of drug-likeness (QED) is 0.877. The number of nitrogens with one attached hydrogen (secondary N) is 1. The lowest BCUT2D eigenvalue weighted by Gasteiger charge is -2.32. The zero-order valence-corrected chi connectivity index (χ0v) is 13.4. The van der Waals surface area contributed by atoms with Gasteiger partial charge < -0.3 is 15.0 Å². The molecule has 5 heteroatoms. The minimum absolute atomic E-state index is 0.0422. The number of nitrogens with zero attached hydrogens (tertiary/aromatic N) is 1. The predicted molar refractivity (Wildman–Crippen MR) is 84.6 cm³/mol. The van der Waals surface area contributed by atoms with E-state index in [9.17, 15) is 9.18 Å². The molecule has 22 heavy (non-hydrogen) atoms. The molecule has 1 aromatic rings. The van der Waals surface area contributed by atoms with Crippen molar-refractivity contribution < 1.29 is 13.9 Å². The van der Waals surface area contributed by atoms with Crippen LogP contribution in [0.2, 0.25) is 0 Å². The van der Waals surface area contributed by atoms with Crippen LogP contribution in [0, 0.1) is 5.82 Å². The molecule has 1 heterocycles. The number of methoxy groups -OCH3 is 1. The average molecular weight is 308 g/mol. The molecule has 0 aliphatic carbocycles. The van der Waals surface area contributed by atoms with Crippen LogP contribution in [0.3, 0.4) is 0 Å². The van der Waals surface area contributed by atoms with Gasteiger partial charge in [0.25, 0.3) is 0 Å². The maximum absolute atomic E-state index is 13.6. The average Bonchev–Trinajstić information content (AvgIpc) is 2.47. The smallest absolute Gasteiger partial charge is 0.217 e. The fourth-order valence-electron chi connectivity index (χ4n) is 3.04. The van der Waals surface area contributed by atoms with Gasteiger partial charge in [-0.2, -0.15) is 0 Å². The van der Waals surface area contributed by atoms with E-state index in [1.165, 1.54) is 7.11 Å². The first-order valence-corrected chi connectivity index (χ1v) is 7.90. The van der Waals surface area contributed by atoms with Crippen molar-refractivity contribution >= 4 is 5.91 Å². The lowest BCUT2D eigenvalue weighted by Crippen LogP contribution is -2.47. The summed E-state index contributed by atoms with van der Waals surface area (Å²) in [6, 6.07) is 5.41. The Morgan fingerprint density at radius 3 is 3.00 bits per heavy atom. The summed E-state index contributed by atoms with van der Waals surface area (Å²) in [7, 11) is 1.47. The Labute approximate surface area is 131 Å². The molecular formula is C17H25FN2O2. The van der Waals surface area contributed by atoms with Crippen LogP contribution in [0.1, 0.15) is 31.7 Å². The Hall–Kier alpha value is -1.62. The number of benzene rings is 1. The van der Waals surface area contributed by atoms with Crippen LogP contribution >= 0.6 is 0 Å². The molecule has 2 rings (SSSR count). The Morgan fingerprint density at radius 1 is 1.50 bits per heavy atom. The van der Waals surface area contributed by atoms with E-state index >= 15 is 0 Å². The number of hydrogen-bond acceptors (Lipinski definition) is 3. The third-order valence-electron chi connectivity index (χ3n) is 4.07. The number of ether oxygens (including phenoxy) is 1. The molecule has 0 radical (unpaired) electrons. The zero-order chi connectivity index (χ0) is 15.9. The first-order chi connectivity index (χ1) is 10.6. The summed E-state index contributed by atoms with van der Waals surface area (Å²) < 4.78 is 18.6. The second-order valence-electron chi connectivity index (χ2n) is 5.91. The maximum atomic E-state index is 13.6. The van der Waals surface area contributed by atoms with Crippen molar-refractivity contribution in [1.29, 1.82) is 0 Å². The van der Waals surface area contributed by atoms with Gasteiger partial charge in [-0.15, -0.1) is 0 Å². The van der Waals surface area contributed by atoms with Gasteiger partial charge in [0, 0.05) is 19.5 Å². The van der Waals surface area contributed by atoms with Gasteiger partial charge in [-0.05, 0) is 56.5 Å². The number of piperidine rings is 1. The third-order valence-corrected chi connectivity index (χ3v) is 4.07. The van der Waals surface area contributed by atoms with Crippen LogP contribution in [0.25, 0.3) is 0 Å². The van der Waals surface area contributed by atoms with Crippen molar-refractivity contribution in [3.8, 4) is 5.75 Å². The van der Waals surface area contributed by atoms with E-state index in [1.54, 1.807) is 19.1 Å². The molecule has 0 spiro atoms. The van der Waals surface area contributed by atoms with Gasteiger partial charge in [-0.3, -0.25) is 4.79 Å². The van der Waals surface area contributed by atoms with Crippen LogP contribution in [0.4, 0.5) is 4.39 Å². The Morgan fingerprint density at radius 2 is 2.32 bits per heavy atom. The molecule has 1 atom stereocenters. The van der Waals surface area contributed by atoms with Gasteiger partial charge in [0.05, 0.1) is 7.11 Å². The van der Waals surface area contributed by atoms with Crippen molar-refractivity contribution in [2.75, 3.05) is 26.7 Å². The first-order valence-electron chi connectivity index (χ1n) is 7.90. The normalized spacial score (nSPS) is 19.0. The minimum Gasteiger partial charge on any atom is -0.494 e. The van der Waals surface area contributed by atoms with Gasteiger partial charge in [-0.1, -0.05) is 6.07 Å². The highest BCUT2D eigenvalue weighted by Crippen LogP contribution is 2.19. The number of likely N-dealkylation sites (tertiary alicyclic amines) is 1. The number of amides is 1. The molecule has 4 nitrogen and oxygen atoms in total. The van der Waals surface area contributed by atoms with Crippen LogP contribution in [-0.2, 0) is 11.2 Å². The fraction of sp³-hybridized carbons (Fsp3) is 0.588. The Balaban J connectivity index is 1.76. The summed E-state index contributed by atoms with van der Waals surface area (Å²) in [5.74, 6) is 0.0298. The standard InChI is InChI=1S/C17H25FN2O2/c1-13(21)19-15-6-4-10-20(12-15)9-3-5-14-7-8-17(22-2)16(18)11-14/h7-8,11,15H,3-6,9-10,12H2,1-2H3,(H,19,21). The summed E-state index contributed by atoms with van der Waals surface area (Å²) in [5, 5.41) is 3.00. The molecular weight excluding hydrogens is 283 g/mol. The topological polar surface area (TPSA) is 41.6 Å². The van der Waals surface area contributed by atoms with Crippen molar-refractivity contribution in [3.63, 3.8) is 0 Å². The number of aryl methyl sites for hydroxylation is 1. The molecule has 0 aromatic heterocycles. The molecule has 0 bridgehead atoms. The molecule has 1 amide bonds. The lowest BCUT2D eigenvalue weighted by molar-refractivity contribution is -0.120. The van der Waals surface area contributed by atoms with Crippen molar-refractivity contribution in [2.24, 2.45) is 0 Å². The van der Waals surface area contributed by atoms with E-state index in [1.807, 2.05) is 6.07 Å². The highest BCUT2D eigenvalue weighted by atomic mass is 19.1. The molecule has 1 aliphatic rings. The van der Waals surface area contributed by atoms with Crippen molar-refractivity contribution in [2.45, 2.75) is 38.6 Å². The van der Waals surface area contributed by atoms with Gasteiger partial charge in [0.1, 0.15) is 0 Å². The molecule has 122 valence electrons. The molecule has 0 saturated carbocycles. The fourth-order valence-corrected chi connectivity index (χ4v) is 3.04. The van der Waals surface area contributed by atoms with Crippen LogP contribution in [0.15, 0.2) is 18.2 Å². The summed E-state index contributed by atoms with van der Waals surface area (Å²) in [6.45, 7) is 4.53. The predicted octanol–water partition coefficient (Wildman–Crippen LogP) is 2.37. The maximum Gasteiger partial charge on any atom is 0.217 e. The highest BCUT2D eigenvalue weighted by Gasteiger charge is 2.19. The third kappa shape index (κ3) is 4.98. The highest BCUT2D eigenvalue weighted by molar-refractivity contribution is 5.73. The van der Waals surface area contributed by atoms with E-state index in [-0.39, 0.29) is 23.5 Å². The summed E-state index contributed by atoms with van der Waals surface area (Å²) in [5.41, 5.74) is 0.994. The van der Waals surface area contributed by atoms with Crippen LogP contribution in [-0.4, -0.2) is 43.6 Å². The molecule has 1 aliphatic heterocycles. The van der Waals surface area contributed by atoms with E-state index < -0.39 is 0 Å². The Kier molecular flexibility index (Phi) is 6.19. The number of carbonyl (C=O) groups is 1. The number of halogens is 1. The lowest BCUT2D eigenvalue weighted by atomic mass is 10.0. The first kappa shape index (κ1) is 16.7. The van der Waals surface area contributed by atoms with Gasteiger partial charge in [0.2, 0.25) is 5.91 Å². The summed E-state index contributed by atoms with van der Waals surface area (Å²) in [4.78, 5) is 13.5. The summed E-state index contributed by atoms with van der Waals surface area (Å²) in [6.07, 6.45) is 4.00. The molecule has 1 aromatic carbocycles. The number of rotatable bonds is 6. The second kappa shape index (κ2) is 8.13.